The number of carbonyl (C=O) groups excluding carboxylic acids is 1. The molecule has 16 heavy (non-hydrogen) atoms. The minimum absolute atomic E-state index is 0.0819. The molecule has 0 aromatic carbocycles. The van der Waals surface area contributed by atoms with Gasteiger partial charge in [-0.3, -0.25) is 9.78 Å². The van der Waals surface area contributed by atoms with Crippen LogP contribution in [0.2, 0.25) is 0 Å². The van der Waals surface area contributed by atoms with Gasteiger partial charge in [-0.05, 0) is 31.9 Å². The normalized spacial score (nSPS) is 16.8. The summed E-state index contributed by atoms with van der Waals surface area (Å²) in [5.74, 6) is 0.0819. The zero-order chi connectivity index (χ0) is 11.4. The van der Waals surface area contributed by atoms with Crippen LogP contribution in [0, 0.1) is 0 Å². The minimum atomic E-state index is -0.164. The van der Waals surface area contributed by atoms with E-state index >= 15 is 0 Å². The zero-order valence-electron chi connectivity index (χ0n) is 9.44. The second kappa shape index (κ2) is 5.07. The highest BCUT2D eigenvalue weighted by Crippen LogP contribution is 2.18. The van der Waals surface area contributed by atoms with Crippen LogP contribution in [0.1, 0.15) is 25.5 Å². The molecule has 0 saturated heterocycles. The number of aromatic nitrogens is 1. The van der Waals surface area contributed by atoms with Gasteiger partial charge in [0.2, 0.25) is 5.91 Å². The molecule has 2 rings (SSSR count). The van der Waals surface area contributed by atoms with Gasteiger partial charge in [0, 0.05) is 18.8 Å². The fourth-order valence-electron chi connectivity index (χ4n) is 1.41. The molecular weight excluding hydrogens is 202 g/mol. The van der Waals surface area contributed by atoms with E-state index in [0.29, 0.717) is 12.6 Å². The van der Waals surface area contributed by atoms with Crippen LogP contribution in [0.15, 0.2) is 24.4 Å². The number of hydrogen-bond donors (Lipinski definition) is 2. The van der Waals surface area contributed by atoms with Gasteiger partial charge in [-0.2, -0.15) is 0 Å². The molecule has 2 N–H and O–H groups in total. The van der Waals surface area contributed by atoms with Crippen LogP contribution < -0.4 is 10.6 Å². The Morgan fingerprint density at radius 1 is 1.56 bits per heavy atom. The van der Waals surface area contributed by atoms with Crippen LogP contribution in [0.4, 0.5) is 0 Å². The Hall–Kier alpha value is -1.42. The first-order valence-electron chi connectivity index (χ1n) is 5.69. The third-order valence-electron chi connectivity index (χ3n) is 2.63. The summed E-state index contributed by atoms with van der Waals surface area (Å²) >= 11 is 0. The second-order valence-electron chi connectivity index (χ2n) is 4.21. The molecular formula is C12H17N3O. The third-order valence-corrected chi connectivity index (χ3v) is 2.63. The number of hydrogen-bond acceptors (Lipinski definition) is 3. The zero-order valence-corrected chi connectivity index (χ0v) is 9.44. The summed E-state index contributed by atoms with van der Waals surface area (Å²) in [6.45, 7) is 2.50. The van der Waals surface area contributed by atoms with E-state index in [-0.39, 0.29) is 11.9 Å². The van der Waals surface area contributed by atoms with E-state index in [1.165, 1.54) is 0 Å². The first kappa shape index (κ1) is 11.1. The Labute approximate surface area is 95.5 Å². The van der Waals surface area contributed by atoms with Gasteiger partial charge in [0.05, 0.1) is 11.7 Å². The van der Waals surface area contributed by atoms with Crippen molar-refractivity contribution < 1.29 is 4.79 Å². The Morgan fingerprint density at radius 3 is 3.00 bits per heavy atom. The van der Waals surface area contributed by atoms with Crippen molar-refractivity contribution in [3.63, 3.8) is 0 Å². The van der Waals surface area contributed by atoms with Gasteiger partial charge >= 0.3 is 0 Å². The summed E-state index contributed by atoms with van der Waals surface area (Å²) in [4.78, 5) is 15.8. The van der Waals surface area contributed by atoms with E-state index in [1.54, 1.807) is 6.20 Å². The maximum absolute atomic E-state index is 11.6. The highest BCUT2D eigenvalue weighted by Gasteiger charge is 2.25. The summed E-state index contributed by atoms with van der Waals surface area (Å²) < 4.78 is 0. The number of carbonyl (C=O) groups is 1. The molecule has 1 saturated carbocycles. The molecule has 1 aliphatic rings. The lowest BCUT2D eigenvalue weighted by atomic mass is 10.3. The molecule has 1 aromatic heterocycles. The van der Waals surface area contributed by atoms with Crippen molar-refractivity contribution in [1.82, 2.24) is 15.6 Å². The molecule has 0 radical (unpaired) electrons. The monoisotopic (exact) mass is 219 g/mol. The summed E-state index contributed by atoms with van der Waals surface area (Å²) in [6.07, 6.45) is 4.00. The molecule has 1 atom stereocenters. The van der Waals surface area contributed by atoms with Crippen LogP contribution in [0.25, 0.3) is 0 Å². The highest BCUT2D eigenvalue weighted by atomic mass is 16.2. The van der Waals surface area contributed by atoms with Crippen molar-refractivity contribution >= 4 is 5.91 Å². The van der Waals surface area contributed by atoms with Crippen LogP contribution in [0.5, 0.6) is 0 Å². The summed E-state index contributed by atoms with van der Waals surface area (Å²) in [5.41, 5.74) is 0.952. The van der Waals surface area contributed by atoms with E-state index in [9.17, 15) is 4.79 Å². The molecule has 1 fully saturated rings. The van der Waals surface area contributed by atoms with Crippen LogP contribution >= 0.6 is 0 Å². The highest BCUT2D eigenvalue weighted by molar-refractivity contribution is 5.81. The topological polar surface area (TPSA) is 54.0 Å². The van der Waals surface area contributed by atoms with Gasteiger partial charge in [-0.15, -0.1) is 0 Å². The van der Waals surface area contributed by atoms with Gasteiger partial charge < -0.3 is 10.6 Å². The fourth-order valence-corrected chi connectivity index (χ4v) is 1.41. The molecule has 0 bridgehead atoms. The molecule has 1 aliphatic carbocycles. The largest absolute Gasteiger partial charge is 0.352 e. The molecule has 86 valence electrons. The smallest absolute Gasteiger partial charge is 0.237 e. The maximum atomic E-state index is 11.6. The molecule has 4 heteroatoms. The number of rotatable bonds is 5. The van der Waals surface area contributed by atoms with Gasteiger partial charge in [0.15, 0.2) is 0 Å². The lowest BCUT2D eigenvalue weighted by molar-refractivity contribution is -0.122. The summed E-state index contributed by atoms with van der Waals surface area (Å²) in [5, 5.41) is 6.13. The summed E-state index contributed by atoms with van der Waals surface area (Å²) in [7, 11) is 0. The average molecular weight is 219 g/mol. The number of nitrogens with one attached hydrogen (secondary N) is 2. The van der Waals surface area contributed by atoms with Crippen molar-refractivity contribution in [3.05, 3.63) is 30.1 Å². The molecule has 4 nitrogen and oxygen atoms in total. The van der Waals surface area contributed by atoms with Crippen LogP contribution in [-0.2, 0) is 11.3 Å². The molecule has 1 amide bonds. The van der Waals surface area contributed by atoms with Crippen molar-refractivity contribution in [1.29, 1.82) is 0 Å². The second-order valence-corrected chi connectivity index (χ2v) is 4.21. The lowest BCUT2D eigenvalue weighted by Gasteiger charge is -2.13. The van der Waals surface area contributed by atoms with Crippen molar-refractivity contribution in [2.75, 3.05) is 0 Å². The molecule has 1 aromatic rings. The van der Waals surface area contributed by atoms with Gasteiger partial charge in [-0.25, -0.2) is 0 Å². The fraction of sp³-hybridized carbons (Fsp3) is 0.500. The lowest BCUT2D eigenvalue weighted by Crippen LogP contribution is -2.42. The quantitative estimate of drug-likeness (QED) is 0.771. The predicted molar refractivity (Wildman–Crippen MR) is 61.7 cm³/mol. The van der Waals surface area contributed by atoms with E-state index in [2.05, 4.69) is 15.6 Å². The SMILES string of the molecule is CC(NCc1ccccn1)C(=O)NC1CC1. The van der Waals surface area contributed by atoms with Crippen molar-refractivity contribution in [2.45, 2.75) is 38.4 Å². The Kier molecular flexibility index (Phi) is 3.51. The number of nitrogens with zero attached hydrogens (tertiary/aromatic N) is 1. The van der Waals surface area contributed by atoms with E-state index in [4.69, 9.17) is 0 Å². The average Bonchev–Trinajstić information content (AvgIpc) is 3.11. The number of amides is 1. The Bertz CT molecular complexity index is 349. The van der Waals surface area contributed by atoms with Crippen molar-refractivity contribution in [2.24, 2.45) is 0 Å². The molecule has 0 spiro atoms. The number of pyridine rings is 1. The van der Waals surface area contributed by atoms with E-state index < -0.39 is 0 Å². The molecule has 1 heterocycles. The van der Waals surface area contributed by atoms with Crippen molar-refractivity contribution in [3.8, 4) is 0 Å². The van der Waals surface area contributed by atoms with Gasteiger partial charge in [-0.1, -0.05) is 6.07 Å². The Morgan fingerprint density at radius 2 is 2.38 bits per heavy atom. The van der Waals surface area contributed by atoms with Crippen LogP contribution in [0.3, 0.4) is 0 Å². The standard InChI is InChI=1S/C12H17N3O/c1-9(12(16)15-10-5-6-10)14-8-11-4-2-3-7-13-11/h2-4,7,9-10,14H,5-6,8H2,1H3,(H,15,16). The first-order chi connectivity index (χ1) is 7.75. The Balaban J connectivity index is 1.74. The maximum Gasteiger partial charge on any atom is 0.237 e. The van der Waals surface area contributed by atoms with E-state index in [1.807, 2.05) is 25.1 Å². The third kappa shape index (κ3) is 3.31. The predicted octanol–water partition coefficient (Wildman–Crippen LogP) is 0.838. The van der Waals surface area contributed by atoms with Gasteiger partial charge in [0.25, 0.3) is 0 Å². The van der Waals surface area contributed by atoms with E-state index in [0.717, 1.165) is 18.5 Å². The molecule has 0 aliphatic heterocycles. The first-order valence-corrected chi connectivity index (χ1v) is 5.69. The minimum Gasteiger partial charge on any atom is -0.352 e. The molecule has 1 unspecified atom stereocenters. The van der Waals surface area contributed by atoms with Gasteiger partial charge in [0.1, 0.15) is 0 Å². The summed E-state index contributed by atoms with van der Waals surface area (Å²) in [6, 6.07) is 6.03. The van der Waals surface area contributed by atoms with Crippen LogP contribution in [-0.4, -0.2) is 23.0 Å².